The van der Waals surface area contributed by atoms with Crippen molar-refractivity contribution in [2.24, 2.45) is 0 Å². The number of hydrogen-bond donors (Lipinski definition) is 0. The molecule has 0 unspecified atom stereocenters. The Morgan fingerprint density at radius 2 is 2.23 bits per heavy atom. The highest BCUT2D eigenvalue weighted by Gasteiger charge is 2.00. The molecule has 0 bridgehead atoms. The van der Waals surface area contributed by atoms with Gasteiger partial charge in [0.05, 0.1) is 12.4 Å². The van der Waals surface area contributed by atoms with E-state index in [1.54, 1.807) is 17.2 Å². The highest BCUT2D eigenvalue weighted by molar-refractivity contribution is 5.43. The van der Waals surface area contributed by atoms with Crippen molar-refractivity contribution >= 4 is 5.82 Å². The molecule has 1 aliphatic rings. The fraction of sp³-hybridized carbons (Fsp3) is 0. The van der Waals surface area contributed by atoms with Gasteiger partial charge in [0.15, 0.2) is 5.82 Å². The largest absolute Gasteiger partial charge is 0.298 e. The minimum absolute atomic E-state index is 0.700. The molecule has 0 spiro atoms. The monoisotopic (exact) mass is 171 g/mol. The molecule has 2 rings (SSSR count). The van der Waals surface area contributed by atoms with Crippen molar-refractivity contribution in [3.8, 4) is 0 Å². The number of allylic oxidation sites excluding steroid dienone is 4. The molecule has 63 valence electrons. The first-order valence-corrected chi connectivity index (χ1v) is 3.83. The molecule has 0 fully saturated rings. The normalized spacial score (nSPS) is 14.6. The Hall–Kier alpha value is -1.97. The maximum absolute atomic E-state index is 3.85. The summed E-state index contributed by atoms with van der Waals surface area (Å²) < 4.78 is 0. The zero-order valence-electron chi connectivity index (χ0n) is 6.83. The first-order valence-electron chi connectivity index (χ1n) is 3.83. The van der Waals surface area contributed by atoms with Crippen LogP contribution in [0.3, 0.4) is 0 Å². The molecular weight excluding hydrogens is 164 g/mol. The summed E-state index contributed by atoms with van der Waals surface area (Å²) in [7, 11) is 0. The van der Waals surface area contributed by atoms with Crippen LogP contribution in [0.4, 0.5) is 5.82 Å². The molecule has 1 aromatic heterocycles. The van der Waals surface area contributed by atoms with Gasteiger partial charge in [-0.2, -0.15) is 0 Å². The van der Waals surface area contributed by atoms with Crippen LogP contribution < -0.4 is 4.90 Å². The Morgan fingerprint density at radius 1 is 1.23 bits per heavy atom. The molecule has 0 amide bonds. The number of anilines is 1. The zero-order valence-corrected chi connectivity index (χ0v) is 6.83. The molecule has 0 aliphatic carbocycles. The Labute approximate surface area is 75.9 Å². The number of hydrogen-bond acceptors (Lipinski definition) is 4. The van der Waals surface area contributed by atoms with E-state index in [0.29, 0.717) is 5.82 Å². The van der Waals surface area contributed by atoms with Crippen LogP contribution in [0.15, 0.2) is 42.8 Å². The molecule has 0 atom stereocenters. The van der Waals surface area contributed by atoms with Gasteiger partial charge in [0.1, 0.15) is 0 Å². The van der Waals surface area contributed by atoms with Crippen LogP contribution in [0.5, 0.6) is 0 Å². The molecule has 1 aliphatic heterocycles. The number of rotatable bonds is 1. The molecule has 0 N–H and O–H groups in total. The van der Waals surface area contributed by atoms with Crippen LogP contribution in [-0.2, 0) is 0 Å². The Balaban J connectivity index is 2.27. The molecule has 13 heavy (non-hydrogen) atoms. The molecular formula is C9H7N4. The van der Waals surface area contributed by atoms with Gasteiger partial charge in [-0.05, 0) is 17.4 Å². The fourth-order valence-corrected chi connectivity index (χ4v) is 0.928. The van der Waals surface area contributed by atoms with E-state index in [-0.39, 0.29) is 0 Å². The van der Waals surface area contributed by atoms with E-state index in [2.05, 4.69) is 21.6 Å². The topological polar surface area (TPSA) is 41.9 Å². The summed E-state index contributed by atoms with van der Waals surface area (Å²) >= 11 is 0. The van der Waals surface area contributed by atoms with Gasteiger partial charge in [-0.1, -0.05) is 12.2 Å². The van der Waals surface area contributed by atoms with Crippen molar-refractivity contribution in [3.05, 3.63) is 49.0 Å². The minimum atomic E-state index is 0.700. The van der Waals surface area contributed by atoms with E-state index in [1.807, 2.05) is 30.5 Å². The second-order valence-corrected chi connectivity index (χ2v) is 2.37. The molecule has 0 saturated carbocycles. The summed E-state index contributed by atoms with van der Waals surface area (Å²) in [6.07, 6.45) is 14.0. The quantitative estimate of drug-likeness (QED) is 0.634. The Bertz CT molecular complexity index is 337. The van der Waals surface area contributed by atoms with Crippen molar-refractivity contribution in [1.82, 2.24) is 15.4 Å². The molecule has 4 nitrogen and oxygen atoms in total. The highest BCUT2D eigenvalue weighted by atomic mass is 15.3. The van der Waals surface area contributed by atoms with Gasteiger partial charge >= 0.3 is 0 Å². The van der Waals surface area contributed by atoms with E-state index in [0.717, 1.165) is 0 Å². The Morgan fingerprint density at radius 3 is 3.08 bits per heavy atom. The lowest BCUT2D eigenvalue weighted by Crippen LogP contribution is -2.09. The van der Waals surface area contributed by atoms with Crippen molar-refractivity contribution < 1.29 is 0 Å². The second kappa shape index (κ2) is 3.62. The first-order chi connectivity index (χ1) is 6.47. The molecule has 2 heterocycles. The van der Waals surface area contributed by atoms with Crippen LogP contribution in [0, 0.1) is 6.20 Å². The maximum Gasteiger partial charge on any atom is 0.163 e. The van der Waals surface area contributed by atoms with Crippen LogP contribution in [-0.4, -0.2) is 15.4 Å². The third-order valence-corrected chi connectivity index (χ3v) is 1.50. The van der Waals surface area contributed by atoms with Crippen molar-refractivity contribution in [3.63, 3.8) is 0 Å². The SMILES string of the molecule is [C]1=CC=CC=CN1c1ccnnn1. The van der Waals surface area contributed by atoms with Gasteiger partial charge < -0.3 is 0 Å². The maximum atomic E-state index is 3.85. The minimum Gasteiger partial charge on any atom is -0.298 e. The highest BCUT2D eigenvalue weighted by Crippen LogP contribution is 2.09. The third-order valence-electron chi connectivity index (χ3n) is 1.50. The summed E-state index contributed by atoms with van der Waals surface area (Å²) in [5.74, 6) is 0.700. The summed E-state index contributed by atoms with van der Waals surface area (Å²) in [6, 6.07) is 1.77. The predicted octanol–water partition coefficient (Wildman–Crippen LogP) is 1.08. The van der Waals surface area contributed by atoms with Gasteiger partial charge in [0, 0.05) is 12.3 Å². The van der Waals surface area contributed by atoms with E-state index < -0.39 is 0 Å². The van der Waals surface area contributed by atoms with Gasteiger partial charge in [-0.15, -0.1) is 10.2 Å². The third kappa shape index (κ3) is 1.79. The molecule has 0 aromatic carbocycles. The fourth-order valence-electron chi connectivity index (χ4n) is 0.928. The van der Waals surface area contributed by atoms with Crippen LogP contribution in [0.25, 0.3) is 0 Å². The van der Waals surface area contributed by atoms with Gasteiger partial charge in [0.2, 0.25) is 0 Å². The summed E-state index contributed by atoms with van der Waals surface area (Å²) in [4.78, 5) is 1.74. The van der Waals surface area contributed by atoms with Crippen molar-refractivity contribution in [1.29, 1.82) is 0 Å². The van der Waals surface area contributed by atoms with E-state index in [1.165, 1.54) is 0 Å². The summed E-state index contributed by atoms with van der Waals surface area (Å²) in [6.45, 7) is 0. The van der Waals surface area contributed by atoms with Gasteiger partial charge in [0.25, 0.3) is 0 Å². The Kier molecular flexibility index (Phi) is 2.14. The molecule has 1 aromatic rings. The van der Waals surface area contributed by atoms with Gasteiger partial charge in [-0.25, -0.2) is 0 Å². The standard InChI is InChI=1S/C9H7N4/c1-2-4-8-13(7-3-1)9-5-6-10-12-11-9/h1-7H. The van der Waals surface area contributed by atoms with E-state index in [9.17, 15) is 0 Å². The average molecular weight is 171 g/mol. The first kappa shape index (κ1) is 7.67. The lowest BCUT2D eigenvalue weighted by molar-refractivity contribution is 0.855. The van der Waals surface area contributed by atoms with E-state index in [4.69, 9.17) is 0 Å². The zero-order chi connectivity index (χ0) is 8.93. The predicted molar refractivity (Wildman–Crippen MR) is 48.4 cm³/mol. The van der Waals surface area contributed by atoms with Gasteiger partial charge in [-0.3, -0.25) is 4.90 Å². The lowest BCUT2D eigenvalue weighted by Gasteiger charge is -2.09. The molecule has 1 radical (unpaired) electrons. The lowest BCUT2D eigenvalue weighted by atomic mass is 10.5. The van der Waals surface area contributed by atoms with Crippen LogP contribution in [0.2, 0.25) is 0 Å². The van der Waals surface area contributed by atoms with Crippen LogP contribution >= 0.6 is 0 Å². The van der Waals surface area contributed by atoms with Crippen molar-refractivity contribution in [2.75, 3.05) is 4.90 Å². The summed E-state index contributed by atoms with van der Waals surface area (Å²) in [5.41, 5.74) is 0. The van der Waals surface area contributed by atoms with Crippen molar-refractivity contribution in [2.45, 2.75) is 0 Å². The van der Waals surface area contributed by atoms with Crippen LogP contribution in [0.1, 0.15) is 0 Å². The smallest absolute Gasteiger partial charge is 0.163 e. The molecule has 4 heteroatoms. The van der Waals surface area contributed by atoms with E-state index >= 15 is 0 Å². The molecule has 0 saturated heterocycles. The number of nitrogens with zero attached hydrogens (tertiary/aromatic N) is 4. The summed E-state index contributed by atoms with van der Waals surface area (Å²) in [5, 5.41) is 11.0. The number of aromatic nitrogens is 3. The second-order valence-electron chi connectivity index (χ2n) is 2.37. The average Bonchev–Trinajstić information content (AvgIpc) is 2.47.